The molecule has 0 radical (unpaired) electrons. The number of carbonyl (C=O) groups excluding carboxylic acids is 1. The van der Waals surface area contributed by atoms with Crippen molar-refractivity contribution in [3.05, 3.63) is 16.7 Å². The molecule has 0 aromatic heterocycles. The number of ketones is 1. The van der Waals surface area contributed by atoms with E-state index in [4.69, 9.17) is 21.1 Å². The van der Waals surface area contributed by atoms with Crippen LogP contribution in [0.15, 0.2) is 6.07 Å². The van der Waals surface area contributed by atoms with Crippen molar-refractivity contribution in [3.63, 3.8) is 0 Å². The number of Topliss-reactive ketones (excluding diaryl/α,β-unsaturated/α-hetero) is 1. The SMILES string of the molecule is COc1cc(O)c(CC(C)=O)c(Cl)c1OC. The Morgan fingerprint density at radius 3 is 2.50 bits per heavy atom. The lowest BCUT2D eigenvalue weighted by molar-refractivity contribution is -0.116. The second kappa shape index (κ2) is 5.07. The number of aromatic hydroxyl groups is 1. The number of phenols is 1. The minimum absolute atomic E-state index is 0.0605. The molecule has 1 aromatic rings. The molecule has 1 N–H and O–H groups in total. The highest BCUT2D eigenvalue weighted by molar-refractivity contribution is 6.33. The lowest BCUT2D eigenvalue weighted by atomic mass is 10.1. The summed E-state index contributed by atoms with van der Waals surface area (Å²) in [6.07, 6.45) is 0.0605. The smallest absolute Gasteiger partial charge is 0.179 e. The van der Waals surface area contributed by atoms with Gasteiger partial charge in [0, 0.05) is 18.1 Å². The average molecular weight is 245 g/mol. The van der Waals surface area contributed by atoms with Gasteiger partial charge in [-0.25, -0.2) is 0 Å². The molecule has 0 atom stereocenters. The van der Waals surface area contributed by atoms with Crippen LogP contribution in [0.5, 0.6) is 17.2 Å². The van der Waals surface area contributed by atoms with Crippen molar-refractivity contribution in [2.24, 2.45) is 0 Å². The van der Waals surface area contributed by atoms with Gasteiger partial charge in [0.05, 0.1) is 19.2 Å². The molecule has 4 nitrogen and oxygen atoms in total. The van der Waals surface area contributed by atoms with Gasteiger partial charge in [0.15, 0.2) is 11.5 Å². The van der Waals surface area contributed by atoms with Crippen LogP contribution in [0.3, 0.4) is 0 Å². The van der Waals surface area contributed by atoms with Gasteiger partial charge in [-0.1, -0.05) is 11.6 Å². The molecule has 0 spiro atoms. The number of ether oxygens (including phenoxy) is 2. The number of phenolic OH excluding ortho intramolecular Hbond substituents is 1. The van der Waals surface area contributed by atoms with Gasteiger partial charge < -0.3 is 14.6 Å². The van der Waals surface area contributed by atoms with Crippen molar-refractivity contribution in [2.45, 2.75) is 13.3 Å². The van der Waals surface area contributed by atoms with Gasteiger partial charge in [-0.05, 0) is 6.92 Å². The summed E-state index contributed by atoms with van der Waals surface area (Å²) in [5, 5.41) is 9.90. The van der Waals surface area contributed by atoms with Crippen LogP contribution in [0, 0.1) is 0 Å². The fraction of sp³-hybridized carbons (Fsp3) is 0.364. The largest absolute Gasteiger partial charge is 0.507 e. The van der Waals surface area contributed by atoms with Crippen molar-refractivity contribution < 1.29 is 19.4 Å². The van der Waals surface area contributed by atoms with Gasteiger partial charge >= 0.3 is 0 Å². The number of benzene rings is 1. The van der Waals surface area contributed by atoms with Crippen LogP contribution in [0.1, 0.15) is 12.5 Å². The zero-order valence-corrected chi connectivity index (χ0v) is 10.1. The Kier molecular flexibility index (Phi) is 4.01. The molecule has 1 aromatic carbocycles. The molecule has 0 saturated heterocycles. The molecule has 0 heterocycles. The first-order chi connectivity index (χ1) is 7.51. The number of halogens is 1. The fourth-order valence-electron chi connectivity index (χ4n) is 1.39. The molecule has 88 valence electrons. The highest BCUT2D eigenvalue weighted by Gasteiger charge is 2.18. The van der Waals surface area contributed by atoms with E-state index < -0.39 is 0 Å². The molecule has 0 amide bonds. The van der Waals surface area contributed by atoms with E-state index in [2.05, 4.69) is 0 Å². The van der Waals surface area contributed by atoms with Crippen molar-refractivity contribution in [1.82, 2.24) is 0 Å². The summed E-state index contributed by atoms with van der Waals surface area (Å²) in [5.41, 5.74) is 0.354. The summed E-state index contributed by atoms with van der Waals surface area (Å²) in [6, 6.07) is 1.38. The number of rotatable bonds is 4. The summed E-state index contributed by atoms with van der Waals surface area (Å²) < 4.78 is 10.1. The Hall–Kier alpha value is -1.42. The molecule has 0 aliphatic carbocycles. The third-order valence-electron chi connectivity index (χ3n) is 2.11. The Bertz CT molecular complexity index is 415. The minimum Gasteiger partial charge on any atom is -0.507 e. The molecule has 16 heavy (non-hydrogen) atoms. The third kappa shape index (κ3) is 2.39. The molecule has 5 heteroatoms. The number of carbonyl (C=O) groups is 1. The van der Waals surface area contributed by atoms with Crippen molar-refractivity contribution >= 4 is 17.4 Å². The van der Waals surface area contributed by atoms with E-state index in [0.717, 1.165) is 0 Å². The van der Waals surface area contributed by atoms with E-state index in [0.29, 0.717) is 17.1 Å². The lowest BCUT2D eigenvalue weighted by Gasteiger charge is -2.13. The van der Waals surface area contributed by atoms with Crippen LogP contribution in [0.4, 0.5) is 0 Å². The average Bonchev–Trinajstić information content (AvgIpc) is 2.23. The van der Waals surface area contributed by atoms with E-state index in [1.807, 2.05) is 0 Å². The Morgan fingerprint density at radius 2 is 2.06 bits per heavy atom. The second-order valence-electron chi connectivity index (χ2n) is 3.30. The topological polar surface area (TPSA) is 55.8 Å². The van der Waals surface area contributed by atoms with E-state index >= 15 is 0 Å². The highest BCUT2D eigenvalue weighted by atomic mass is 35.5. The van der Waals surface area contributed by atoms with E-state index in [1.54, 1.807) is 0 Å². The van der Waals surface area contributed by atoms with Crippen LogP contribution in [-0.2, 0) is 11.2 Å². The quantitative estimate of drug-likeness (QED) is 0.882. The number of hydrogen-bond donors (Lipinski definition) is 1. The molecular formula is C11H13ClO4. The van der Waals surface area contributed by atoms with Gasteiger partial charge in [-0.15, -0.1) is 0 Å². The molecule has 0 fully saturated rings. The maximum absolute atomic E-state index is 11.0. The lowest BCUT2D eigenvalue weighted by Crippen LogP contribution is -2.00. The third-order valence-corrected chi connectivity index (χ3v) is 2.51. The van der Waals surface area contributed by atoms with Crippen molar-refractivity contribution in [1.29, 1.82) is 0 Å². The van der Waals surface area contributed by atoms with Gasteiger partial charge in [0.25, 0.3) is 0 Å². The monoisotopic (exact) mass is 244 g/mol. The Balaban J connectivity index is 3.34. The van der Waals surface area contributed by atoms with Crippen LogP contribution >= 0.6 is 11.6 Å². The summed E-state index contributed by atoms with van der Waals surface area (Å²) >= 11 is 6.02. The van der Waals surface area contributed by atoms with Crippen LogP contribution in [0.2, 0.25) is 5.02 Å². The predicted molar refractivity (Wildman–Crippen MR) is 60.6 cm³/mol. The predicted octanol–water partition coefficient (Wildman–Crippen LogP) is 2.19. The van der Waals surface area contributed by atoms with E-state index in [1.165, 1.54) is 27.2 Å². The standard InChI is InChI=1S/C11H13ClO4/c1-6(13)4-7-8(14)5-9(15-2)11(16-3)10(7)12/h5,14H,4H2,1-3H3. The molecule has 1 rings (SSSR count). The number of methoxy groups -OCH3 is 2. The zero-order chi connectivity index (χ0) is 12.3. The first-order valence-corrected chi connectivity index (χ1v) is 5.00. The molecular weight excluding hydrogens is 232 g/mol. The van der Waals surface area contributed by atoms with E-state index in [-0.39, 0.29) is 23.0 Å². The summed E-state index contributed by atoms with van der Waals surface area (Å²) in [6.45, 7) is 1.42. The van der Waals surface area contributed by atoms with Gasteiger partial charge in [0.1, 0.15) is 11.5 Å². The van der Waals surface area contributed by atoms with Gasteiger partial charge in [-0.2, -0.15) is 0 Å². The van der Waals surface area contributed by atoms with Crippen LogP contribution in [0.25, 0.3) is 0 Å². The first kappa shape index (κ1) is 12.6. The molecule has 0 bridgehead atoms. The molecule has 0 unspecified atom stereocenters. The second-order valence-corrected chi connectivity index (χ2v) is 3.68. The van der Waals surface area contributed by atoms with Crippen molar-refractivity contribution in [2.75, 3.05) is 14.2 Å². The fourth-order valence-corrected chi connectivity index (χ4v) is 1.73. The van der Waals surface area contributed by atoms with Crippen molar-refractivity contribution in [3.8, 4) is 17.2 Å². The maximum atomic E-state index is 11.0. The first-order valence-electron chi connectivity index (χ1n) is 4.63. The van der Waals surface area contributed by atoms with E-state index in [9.17, 15) is 9.90 Å². The Morgan fingerprint density at radius 1 is 1.44 bits per heavy atom. The zero-order valence-electron chi connectivity index (χ0n) is 9.33. The minimum atomic E-state index is -0.0931. The van der Waals surface area contributed by atoms with Crippen LogP contribution < -0.4 is 9.47 Å². The summed E-state index contributed by atoms with van der Waals surface area (Å²) in [4.78, 5) is 11.0. The summed E-state index contributed by atoms with van der Waals surface area (Å²) in [5.74, 6) is 0.484. The molecule has 0 aliphatic heterocycles. The normalized spacial score (nSPS) is 10.0. The summed E-state index contributed by atoms with van der Waals surface area (Å²) in [7, 11) is 2.89. The highest BCUT2D eigenvalue weighted by Crippen LogP contribution is 2.42. The molecule has 0 aliphatic rings. The Labute approximate surface area is 98.7 Å². The van der Waals surface area contributed by atoms with Crippen LogP contribution in [-0.4, -0.2) is 25.1 Å². The van der Waals surface area contributed by atoms with Gasteiger partial charge in [-0.3, -0.25) is 4.79 Å². The number of hydrogen-bond acceptors (Lipinski definition) is 4. The molecule has 0 saturated carbocycles. The van der Waals surface area contributed by atoms with Gasteiger partial charge in [0.2, 0.25) is 0 Å². The maximum Gasteiger partial charge on any atom is 0.179 e.